The van der Waals surface area contributed by atoms with Gasteiger partial charge in [0, 0.05) is 22.5 Å². The molecule has 0 bridgehead atoms. The van der Waals surface area contributed by atoms with Gasteiger partial charge in [0.1, 0.15) is 11.2 Å². The molecule has 0 atom stereocenters. The molecular formula is C27H23NO. The van der Waals surface area contributed by atoms with E-state index in [2.05, 4.69) is 66.7 Å². The number of hydrogen-bond donors (Lipinski definition) is 0. The Labute approximate surface area is 170 Å². The van der Waals surface area contributed by atoms with Crippen LogP contribution in [0.2, 0.25) is 0 Å². The smallest absolute Gasteiger partial charge is 0.144 e. The summed E-state index contributed by atoms with van der Waals surface area (Å²) in [6.45, 7) is 0. The molecule has 0 unspecified atom stereocenters. The maximum Gasteiger partial charge on any atom is 0.144 e. The van der Waals surface area contributed by atoms with Crippen molar-refractivity contribution in [3.05, 3.63) is 78.5 Å². The highest BCUT2D eigenvalue weighted by atomic mass is 16.3. The Morgan fingerprint density at radius 3 is 2.52 bits per heavy atom. The van der Waals surface area contributed by atoms with Crippen molar-refractivity contribution in [2.75, 3.05) is 0 Å². The van der Waals surface area contributed by atoms with E-state index in [4.69, 9.17) is 9.40 Å². The molecule has 2 aromatic heterocycles. The molecule has 2 heteroatoms. The van der Waals surface area contributed by atoms with Crippen molar-refractivity contribution < 1.29 is 4.42 Å². The summed E-state index contributed by atoms with van der Waals surface area (Å²) >= 11 is 0. The largest absolute Gasteiger partial charge is 0.455 e. The van der Waals surface area contributed by atoms with Crippen molar-refractivity contribution in [2.24, 2.45) is 5.92 Å². The second-order valence-electron chi connectivity index (χ2n) is 8.38. The minimum Gasteiger partial charge on any atom is -0.455 e. The number of pyridine rings is 1. The molecule has 3 aromatic carbocycles. The number of aromatic nitrogens is 1. The van der Waals surface area contributed by atoms with E-state index in [9.17, 15) is 0 Å². The number of benzene rings is 3. The SMILES string of the molecule is c1ccc2cc3c(cc2c1)oc1c(-c2cc(CC4CCCC4)ccn2)cccc13. The van der Waals surface area contributed by atoms with Crippen LogP contribution in [0.5, 0.6) is 0 Å². The van der Waals surface area contributed by atoms with Crippen LogP contribution in [-0.4, -0.2) is 4.98 Å². The monoisotopic (exact) mass is 377 g/mol. The number of fused-ring (bicyclic) bond motifs is 4. The third-order valence-corrected chi connectivity index (χ3v) is 6.46. The zero-order valence-corrected chi connectivity index (χ0v) is 16.4. The van der Waals surface area contributed by atoms with Crippen LogP contribution in [0.4, 0.5) is 0 Å². The molecular weight excluding hydrogens is 354 g/mol. The van der Waals surface area contributed by atoms with E-state index in [-0.39, 0.29) is 0 Å². The highest BCUT2D eigenvalue weighted by molar-refractivity contribution is 6.13. The molecule has 0 radical (unpaired) electrons. The first-order valence-electron chi connectivity index (χ1n) is 10.6. The predicted molar refractivity (Wildman–Crippen MR) is 120 cm³/mol. The van der Waals surface area contributed by atoms with Gasteiger partial charge in [0.05, 0.1) is 5.69 Å². The van der Waals surface area contributed by atoms with E-state index in [0.29, 0.717) is 0 Å². The van der Waals surface area contributed by atoms with Crippen molar-refractivity contribution >= 4 is 32.7 Å². The summed E-state index contributed by atoms with van der Waals surface area (Å²) in [6, 6.07) is 23.7. The average molecular weight is 377 g/mol. The Morgan fingerprint density at radius 1 is 0.828 bits per heavy atom. The molecule has 2 nitrogen and oxygen atoms in total. The molecule has 6 rings (SSSR count). The second-order valence-corrected chi connectivity index (χ2v) is 8.38. The molecule has 0 saturated heterocycles. The van der Waals surface area contributed by atoms with E-state index in [0.717, 1.165) is 40.1 Å². The van der Waals surface area contributed by atoms with Gasteiger partial charge in [-0.05, 0) is 59.0 Å². The van der Waals surface area contributed by atoms with Crippen LogP contribution in [0.1, 0.15) is 31.2 Å². The minimum absolute atomic E-state index is 0.833. The first kappa shape index (κ1) is 16.8. The van der Waals surface area contributed by atoms with Crippen molar-refractivity contribution in [3.8, 4) is 11.3 Å². The first-order valence-corrected chi connectivity index (χ1v) is 10.6. The molecule has 1 fully saturated rings. The van der Waals surface area contributed by atoms with Gasteiger partial charge in [-0.2, -0.15) is 0 Å². The third kappa shape index (κ3) is 2.91. The zero-order valence-electron chi connectivity index (χ0n) is 16.4. The van der Waals surface area contributed by atoms with E-state index >= 15 is 0 Å². The van der Waals surface area contributed by atoms with Gasteiger partial charge in [0.15, 0.2) is 0 Å². The summed E-state index contributed by atoms with van der Waals surface area (Å²) in [5.41, 5.74) is 5.35. The molecule has 5 aromatic rings. The molecule has 0 N–H and O–H groups in total. The average Bonchev–Trinajstić information content (AvgIpc) is 3.39. The molecule has 2 heterocycles. The molecule has 0 aliphatic heterocycles. The molecule has 1 aliphatic carbocycles. The molecule has 29 heavy (non-hydrogen) atoms. The van der Waals surface area contributed by atoms with Crippen molar-refractivity contribution in [3.63, 3.8) is 0 Å². The maximum absolute atomic E-state index is 6.38. The fraction of sp³-hybridized carbons (Fsp3) is 0.222. The van der Waals surface area contributed by atoms with Crippen LogP contribution in [-0.2, 0) is 6.42 Å². The Hall–Kier alpha value is -3.13. The van der Waals surface area contributed by atoms with Crippen molar-refractivity contribution in [2.45, 2.75) is 32.1 Å². The van der Waals surface area contributed by atoms with Crippen LogP contribution < -0.4 is 0 Å². The van der Waals surface area contributed by atoms with Gasteiger partial charge < -0.3 is 4.42 Å². The number of nitrogens with zero attached hydrogens (tertiary/aromatic N) is 1. The number of para-hydroxylation sites is 1. The summed E-state index contributed by atoms with van der Waals surface area (Å²) in [5.74, 6) is 0.833. The quantitative estimate of drug-likeness (QED) is 0.325. The molecule has 0 amide bonds. The van der Waals surface area contributed by atoms with Gasteiger partial charge in [-0.1, -0.05) is 62.1 Å². The lowest BCUT2D eigenvalue weighted by Gasteiger charge is -2.10. The van der Waals surface area contributed by atoms with E-state index in [1.807, 2.05) is 6.20 Å². The lowest BCUT2D eigenvalue weighted by molar-refractivity contribution is 0.546. The van der Waals surface area contributed by atoms with Crippen LogP contribution in [0, 0.1) is 5.92 Å². The predicted octanol–water partition coefficient (Wildman–Crippen LogP) is 7.53. The summed E-state index contributed by atoms with van der Waals surface area (Å²) in [6.07, 6.45) is 8.62. The van der Waals surface area contributed by atoms with E-state index in [1.54, 1.807) is 0 Å². The summed E-state index contributed by atoms with van der Waals surface area (Å²) < 4.78 is 6.38. The third-order valence-electron chi connectivity index (χ3n) is 6.46. The molecule has 1 aliphatic rings. The van der Waals surface area contributed by atoms with Crippen molar-refractivity contribution in [1.29, 1.82) is 0 Å². The highest BCUT2D eigenvalue weighted by Gasteiger charge is 2.17. The lowest BCUT2D eigenvalue weighted by atomic mass is 9.97. The normalized spacial score (nSPS) is 15.0. The Bertz CT molecular complexity index is 1340. The van der Waals surface area contributed by atoms with Gasteiger partial charge in [-0.15, -0.1) is 0 Å². The Kier molecular flexibility index (Phi) is 3.90. The Morgan fingerprint density at radius 2 is 1.66 bits per heavy atom. The van der Waals surface area contributed by atoms with Crippen LogP contribution in [0.15, 0.2) is 77.3 Å². The fourth-order valence-electron chi connectivity index (χ4n) is 4.98. The standard InChI is InChI=1S/C27H23NO/c1-2-7-18(6-1)14-19-12-13-28-25(15-19)23-11-5-10-22-24-16-20-8-3-4-9-21(20)17-26(24)29-27(22)23/h3-5,8-13,15-18H,1-2,6-7,14H2. The zero-order chi connectivity index (χ0) is 19.2. The minimum atomic E-state index is 0.833. The molecule has 0 spiro atoms. The van der Waals surface area contributed by atoms with Gasteiger partial charge in [0.25, 0.3) is 0 Å². The van der Waals surface area contributed by atoms with Gasteiger partial charge in [-0.3, -0.25) is 4.98 Å². The second kappa shape index (κ2) is 6.73. The molecule has 1 saturated carbocycles. The van der Waals surface area contributed by atoms with Crippen LogP contribution in [0.25, 0.3) is 44.0 Å². The van der Waals surface area contributed by atoms with Gasteiger partial charge in [0.2, 0.25) is 0 Å². The fourth-order valence-corrected chi connectivity index (χ4v) is 4.98. The van der Waals surface area contributed by atoms with Gasteiger partial charge >= 0.3 is 0 Å². The number of furan rings is 1. The molecule has 142 valence electrons. The van der Waals surface area contributed by atoms with Crippen LogP contribution >= 0.6 is 0 Å². The Balaban J connectivity index is 1.50. The lowest BCUT2D eigenvalue weighted by Crippen LogP contribution is -1.99. The summed E-state index contributed by atoms with van der Waals surface area (Å²) in [7, 11) is 0. The summed E-state index contributed by atoms with van der Waals surface area (Å²) in [4.78, 5) is 4.70. The summed E-state index contributed by atoms with van der Waals surface area (Å²) in [5, 5.41) is 4.77. The highest BCUT2D eigenvalue weighted by Crippen LogP contribution is 2.37. The maximum atomic E-state index is 6.38. The van der Waals surface area contributed by atoms with E-state index < -0.39 is 0 Å². The van der Waals surface area contributed by atoms with E-state index in [1.165, 1.54) is 47.4 Å². The number of rotatable bonds is 3. The van der Waals surface area contributed by atoms with Gasteiger partial charge in [-0.25, -0.2) is 0 Å². The topological polar surface area (TPSA) is 26.0 Å². The first-order chi connectivity index (χ1) is 14.3. The van der Waals surface area contributed by atoms with Crippen molar-refractivity contribution in [1.82, 2.24) is 4.98 Å². The number of hydrogen-bond acceptors (Lipinski definition) is 2. The van der Waals surface area contributed by atoms with Crippen LogP contribution in [0.3, 0.4) is 0 Å².